The zero-order chi connectivity index (χ0) is 19.5. The number of furan rings is 1. The highest BCUT2D eigenvalue weighted by Gasteiger charge is 2.12. The summed E-state index contributed by atoms with van der Waals surface area (Å²) in [6.45, 7) is 1.13. The van der Waals surface area contributed by atoms with E-state index in [0.29, 0.717) is 30.3 Å². The molecule has 0 aliphatic rings. The summed E-state index contributed by atoms with van der Waals surface area (Å²) in [6.07, 6.45) is 1.57. The van der Waals surface area contributed by atoms with E-state index >= 15 is 0 Å². The summed E-state index contributed by atoms with van der Waals surface area (Å²) in [5.41, 5.74) is 8.45. The number of fused-ring (bicyclic) bond motifs is 1. The first-order valence-electron chi connectivity index (χ1n) is 8.65. The van der Waals surface area contributed by atoms with Crippen molar-refractivity contribution in [1.82, 2.24) is 24.9 Å². The van der Waals surface area contributed by atoms with Crippen LogP contribution >= 0.6 is 0 Å². The molecule has 0 fully saturated rings. The predicted octanol–water partition coefficient (Wildman–Crippen LogP) is 2.27. The maximum atomic E-state index is 6.04. The van der Waals surface area contributed by atoms with Gasteiger partial charge in [0.05, 0.1) is 26.2 Å². The van der Waals surface area contributed by atoms with Crippen molar-refractivity contribution in [3.8, 4) is 23.1 Å². The van der Waals surface area contributed by atoms with E-state index in [4.69, 9.17) is 19.6 Å². The quantitative estimate of drug-likeness (QED) is 0.502. The van der Waals surface area contributed by atoms with Crippen LogP contribution in [0.4, 0.5) is 5.95 Å². The number of aromatic nitrogens is 4. The van der Waals surface area contributed by atoms with Gasteiger partial charge in [-0.1, -0.05) is 0 Å². The van der Waals surface area contributed by atoms with Crippen molar-refractivity contribution in [2.75, 3.05) is 20.0 Å². The molecule has 9 nitrogen and oxygen atoms in total. The van der Waals surface area contributed by atoms with Crippen LogP contribution in [0.25, 0.3) is 17.2 Å². The van der Waals surface area contributed by atoms with Gasteiger partial charge in [-0.15, -0.1) is 5.10 Å². The lowest BCUT2D eigenvalue weighted by Crippen LogP contribution is -2.15. The molecule has 0 saturated carbocycles. The van der Waals surface area contributed by atoms with Crippen LogP contribution < -0.4 is 20.5 Å². The predicted molar refractivity (Wildman–Crippen MR) is 103 cm³/mol. The molecule has 9 heteroatoms. The van der Waals surface area contributed by atoms with Gasteiger partial charge in [0.15, 0.2) is 11.4 Å². The standard InChI is InChI=1S/C19H20N6O3/c1-26-14-6-12(7-15(9-14)27-2)10-21-11-13-8-17-23-18(16-4-3-5-28-16)24-25(17)19(20)22-13/h3-9,21H,10-11H2,1-2H3,(H2,20,22). The number of benzene rings is 1. The van der Waals surface area contributed by atoms with Crippen molar-refractivity contribution in [2.24, 2.45) is 0 Å². The molecule has 28 heavy (non-hydrogen) atoms. The molecule has 0 radical (unpaired) electrons. The van der Waals surface area contributed by atoms with Crippen molar-refractivity contribution in [2.45, 2.75) is 13.1 Å². The van der Waals surface area contributed by atoms with Crippen LogP contribution in [0.3, 0.4) is 0 Å². The fourth-order valence-corrected chi connectivity index (χ4v) is 2.87. The largest absolute Gasteiger partial charge is 0.497 e. The molecule has 3 N–H and O–H groups in total. The maximum absolute atomic E-state index is 6.04. The molecule has 4 aromatic rings. The van der Waals surface area contributed by atoms with Crippen molar-refractivity contribution in [3.63, 3.8) is 0 Å². The third kappa shape index (κ3) is 3.60. The Labute approximate surface area is 161 Å². The second-order valence-corrected chi connectivity index (χ2v) is 6.11. The van der Waals surface area contributed by atoms with E-state index in [1.54, 1.807) is 32.6 Å². The normalized spacial score (nSPS) is 11.1. The summed E-state index contributed by atoms with van der Waals surface area (Å²) >= 11 is 0. The van der Waals surface area contributed by atoms with Crippen molar-refractivity contribution < 1.29 is 13.9 Å². The minimum Gasteiger partial charge on any atom is -0.497 e. The Morgan fingerprint density at radius 1 is 1.07 bits per heavy atom. The molecule has 0 atom stereocenters. The molecule has 3 heterocycles. The molecule has 4 rings (SSSR count). The first-order valence-corrected chi connectivity index (χ1v) is 8.65. The Morgan fingerprint density at radius 2 is 1.86 bits per heavy atom. The average molecular weight is 380 g/mol. The van der Waals surface area contributed by atoms with Crippen LogP contribution in [-0.2, 0) is 13.1 Å². The molecular formula is C19H20N6O3. The van der Waals surface area contributed by atoms with Crippen LogP contribution in [0.5, 0.6) is 11.5 Å². The number of ether oxygens (including phenoxy) is 2. The van der Waals surface area contributed by atoms with E-state index in [2.05, 4.69) is 20.4 Å². The summed E-state index contributed by atoms with van der Waals surface area (Å²) in [5.74, 6) is 2.80. The monoisotopic (exact) mass is 380 g/mol. The summed E-state index contributed by atoms with van der Waals surface area (Å²) in [7, 11) is 3.26. The minimum absolute atomic E-state index is 0.266. The molecule has 0 amide bonds. The number of hydrogen-bond donors (Lipinski definition) is 2. The minimum atomic E-state index is 0.266. The van der Waals surface area contributed by atoms with E-state index < -0.39 is 0 Å². The number of rotatable bonds is 7. The number of methoxy groups -OCH3 is 2. The molecule has 144 valence electrons. The Hall–Kier alpha value is -3.59. The molecule has 0 saturated heterocycles. The molecule has 1 aromatic carbocycles. The maximum Gasteiger partial charge on any atom is 0.223 e. The topological polar surface area (TPSA) is 113 Å². The van der Waals surface area contributed by atoms with Crippen molar-refractivity contribution in [3.05, 3.63) is 53.9 Å². The van der Waals surface area contributed by atoms with Crippen molar-refractivity contribution >= 4 is 11.6 Å². The second kappa shape index (κ2) is 7.57. The number of nitrogens with two attached hydrogens (primary N) is 1. The molecule has 0 aliphatic carbocycles. The number of nitrogens with zero attached hydrogens (tertiary/aromatic N) is 4. The lowest BCUT2D eigenvalue weighted by molar-refractivity contribution is 0.393. The molecule has 0 aliphatic heterocycles. The van der Waals surface area contributed by atoms with Gasteiger partial charge in [0.25, 0.3) is 0 Å². The summed E-state index contributed by atoms with van der Waals surface area (Å²) in [5, 5.41) is 7.68. The van der Waals surface area contributed by atoms with Gasteiger partial charge in [-0.3, -0.25) is 0 Å². The summed E-state index contributed by atoms with van der Waals surface area (Å²) < 4.78 is 17.4. The highest BCUT2D eigenvalue weighted by Crippen LogP contribution is 2.22. The Kier molecular flexibility index (Phi) is 4.81. The molecule has 3 aromatic heterocycles. The summed E-state index contributed by atoms with van der Waals surface area (Å²) in [4.78, 5) is 8.86. The molecule has 0 spiro atoms. The highest BCUT2D eigenvalue weighted by atomic mass is 16.5. The van der Waals surface area contributed by atoms with E-state index in [1.807, 2.05) is 24.3 Å². The van der Waals surface area contributed by atoms with E-state index in [-0.39, 0.29) is 5.95 Å². The third-order valence-corrected chi connectivity index (χ3v) is 4.19. The van der Waals surface area contributed by atoms with E-state index in [1.165, 1.54) is 4.52 Å². The van der Waals surface area contributed by atoms with Gasteiger partial charge >= 0.3 is 0 Å². The van der Waals surface area contributed by atoms with E-state index in [0.717, 1.165) is 22.8 Å². The van der Waals surface area contributed by atoms with Crippen LogP contribution in [0.2, 0.25) is 0 Å². The highest BCUT2D eigenvalue weighted by molar-refractivity contribution is 5.54. The van der Waals surface area contributed by atoms with E-state index in [9.17, 15) is 0 Å². The first kappa shape index (κ1) is 17.8. The lowest BCUT2D eigenvalue weighted by atomic mass is 10.2. The Balaban J connectivity index is 1.49. The number of nitrogen functional groups attached to an aromatic ring is 1. The number of anilines is 1. The van der Waals surface area contributed by atoms with Crippen LogP contribution in [0, 0.1) is 0 Å². The number of nitrogens with one attached hydrogen (secondary N) is 1. The van der Waals surface area contributed by atoms with Gasteiger partial charge in [0.2, 0.25) is 11.8 Å². The number of hydrogen-bond acceptors (Lipinski definition) is 8. The second-order valence-electron chi connectivity index (χ2n) is 6.11. The molecular weight excluding hydrogens is 360 g/mol. The smallest absolute Gasteiger partial charge is 0.223 e. The van der Waals surface area contributed by atoms with Crippen LogP contribution in [-0.4, -0.2) is 33.8 Å². The molecule has 0 unspecified atom stereocenters. The van der Waals surface area contributed by atoms with Gasteiger partial charge in [-0.05, 0) is 29.8 Å². The molecule has 0 bridgehead atoms. The Bertz CT molecular complexity index is 1070. The van der Waals surface area contributed by atoms with Gasteiger partial charge in [-0.25, -0.2) is 9.97 Å². The zero-order valence-electron chi connectivity index (χ0n) is 15.5. The van der Waals surface area contributed by atoms with Crippen LogP contribution in [0.1, 0.15) is 11.3 Å². The Morgan fingerprint density at radius 3 is 2.54 bits per heavy atom. The fraction of sp³-hybridized carbons (Fsp3) is 0.211. The van der Waals surface area contributed by atoms with Gasteiger partial charge in [-0.2, -0.15) is 4.52 Å². The van der Waals surface area contributed by atoms with Crippen LogP contribution in [0.15, 0.2) is 47.1 Å². The average Bonchev–Trinajstić information content (AvgIpc) is 3.37. The SMILES string of the molecule is COc1cc(CNCc2cc3nc(-c4ccco4)nn3c(N)n2)cc(OC)c1. The zero-order valence-corrected chi connectivity index (χ0v) is 15.5. The van der Waals surface area contributed by atoms with Gasteiger partial charge < -0.3 is 24.9 Å². The third-order valence-electron chi connectivity index (χ3n) is 4.19. The van der Waals surface area contributed by atoms with Gasteiger partial charge in [0.1, 0.15) is 11.5 Å². The fourth-order valence-electron chi connectivity index (χ4n) is 2.87. The van der Waals surface area contributed by atoms with Gasteiger partial charge in [0, 0.05) is 25.2 Å². The first-order chi connectivity index (χ1) is 13.7. The van der Waals surface area contributed by atoms with Crippen molar-refractivity contribution in [1.29, 1.82) is 0 Å². The summed E-state index contributed by atoms with van der Waals surface area (Å²) in [6, 6.07) is 11.2. The lowest BCUT2D eigenvalue weighted by Gasteiger charge is -2.10.